The first-order valence-corrected chi connectivity index (χ1v) is 9.27. The van der Waals surface area contributed by atoms with Gasteiger partial charge in [0.2, 0.25) is 11.8 Å². The van der Waals surface area contributed by atoms with Crippen LogP contribution in [0.4, 0.5) is 13.2 Å². The predicted octanol–water partition coefficient (Wildman–Crippen LogP) is 0.955. The molecule has 10 heteroatoms. The van der Waals surface area contributed by atoms with Gasteiger partial charge in [-0.25, -0.2) is 0 Å². The summed E-state index contributed by atoms with van der Waals surface area (Å²) in [6.45, 7) is 5.70. The normalized spacial score (nSPS) is 29.9. The van der Waals surface area contributed by atoms with Crippen molar-refractivity contribution >= 4 is 17.7 Å². The zero-order valence-corrected chi connectivity index (χ0v) is 15.8. The third-order valence-corrected chi connectivity index (χ3v) is 6.22. The molecule has 2 N–H and O–H groups in total. The lowest BCUT2D eigenvalue weighted by Gasteiger charge is -2.33. The van der Waals surface area contributed by atoms with Crippen LogP contribution in [0.2, 0.25) is 0 Å². The number of fused-ring (bicyclic) bond motifs is 1. The van der Waals surface area contributed by atoms with Gasteiger partial charge in [0.1, 0.15) is 18.1 Å². The highest BCUT2D eigenvalue weighted by Crippen LogP contribution is 2.65. The van der Waals surface area contributed by atoms with E-state index in [0.29, 0.717) is 12.8 Å². The van der Waals surface area contributed by atoms with Crippen molar-refractivity contribution in [3.63, 3.8) is 0 Å². The van der Waals surface area contributed by atoms with E-state index >= 15 is 0 Å². The van der Waals surface area contributed by atoms with Crippen LogP contribution in [-0.2, 0) is 14.4 Å². The molecule has 2 aliphatic carbocycles. The molecule has 3 rings (SSSR count). The number of amides is 3. The Balaban J connectivity index is 1.79. The van der Waals surface area contributed by atoms with Crippen LogP contribution in [0, 0.1) is 34.5 Å². The molecule has 0 aromatic rings. The Morgan fingerprint density at radius 1 is 1.21 bits per heavy atom. The van der Waals surface area contributed by atoms with Gasteiger partial charge in [-0.15, -0.1) is 0 Å². The molecule has 28 heavy (non-hydrogen) atoms. The first-order valence-electron chi connectivity index (χ1n) is 9.27. The second-order valence-electron chi connectivity index (χ2n) is 8.53. The Bertz CT molecular complexity index is 741. The SMILES string of the molecule is C[C@@H](C#N)NC(=O)[C@@H]1[C@@H]2[C@H](CN1C(=O)[C@@H](NC(=O)C(F)(F)F)C1CC1)C2(C)C. The van der Waals surface area contributed by atoms with E-state index < -0.39 is 42.0 Å². The minimum atomic E-state index is -5.08. The fraction of sp³-hybridized carbons (Fsp3) is 0.778. The van der Waals surface area contributed by atoms with E-state index in [1.54, 1.807) is 0 Å². The molecule has 5 atom stereocenters. The summed E-state index contributed by atoms with van der Waals surface area (Å²) in [5.41, 5.74) is -0.168. The van der Waals surface area contributed by atoms with Gasteiger partial charge in [-0.1, -0.05) is 13.8 Å². The third kappa shape index (κ3) is 3.54. The lowest BCUT2D eigenvalue weighted by molar-refractivity contribution is -0.175. The van der Waals surface area contributed by atoms with Gasteiger partial charge in [0.15, 0.2) is 0 Å². The summed E-state index contributed by atoms with van der Waals surface area (Å²) >= 11 is 0. The van der Waals surface area contributed by atoms with Gasteiger partial charge in [0.05, 0.1) is 6.07 Å². The number of carbonyl (C=O) groups is 3. The summed E-state index contributed by atoms with van der Waals surface area (Å²) in [7, 11) is 0. The lowest BCUT2D eigenvalue weighted by Crippen LogP contribution is -2.58. The molecule has 0 radical (unpaired) electrons. The highest BCUT2D eigenvalue weighted by Gasteiger charge is 2.69. The van der Waals surface area contributed by atoms with Gasteiger partial charge in [0, 0.05) is 6.54 Å². The van der Waals surface area contributed by atoms with Crippen molar-refractivity contribution in [1.29, 1.82) is 5.26 Å². The Kier molecular flexibility index (Phi) is 4.84. The van der Waals surface area contributed by atoms with E-state index in [1.165, 1.54) is 11.8 Å². The first kappa shape index (κ1) is 20.4. The summed E-state index contributed by atoms with van der Waals surface area (Å²) < 4.78 is 38.0. The van der Waals surface area contributed by atoms with Gasteiger partial charge in [-0.05, 0) is 42.9 Å². The van der Waals surface area contributed by atoms with E-state index in [-0.39, 0.29) is 29.7 Å². The Hall–Kier alpha value is -2.31. The predicted molar refractivity (Wildman–Crippen MR) is 90.2 cm³/mol. The van der Waals surface area contributed by atoms with Gasteiger partial charge in [-0.3, -0.25) is 14.4 Å². The second kappa shape index (κ2) is 6.64. The molecule has 1 saturated heterocycles. The summed E-state index contributed by atoms with van der Waals surface area (Å²) in [5, 5.41) is 13.3. The first-order chi connectivity index (χ1) is 12.9. The molecule has 0 spiro atoms. The van der Waals surface area contributed by atoms with Crippen molar-refractivity contribution in [3.05, 3.63) is 0 Å². The zero-order valence-electron chi connectivity index (χ0n) is 15.8. The standard InChI is InChI=1S/C18H23F3N4O3/c1-8(6-22)23-14(26)13-11-10(17(11,2)3)7-25(13)15(27)12(9-4-5-9)24-16(28)18(19,20)21/h8-13H,4-5,7H2,1-3H3,(H,23,26)(H,24,28)/t8-,10-,11-,12-,13-/m0/s1. The van der Waals surface area contributed by atoms with E-state index in [1.807, 2.05) is 25.2 Å². The molecule has 0 bridgehead atoms. The van der Waals surface area contributed by atoms with Crippen LogP contribution in [0.1, 0.15) is 33.6 Å². The number of nitrogens with one attached hydrogen (secondary N) is 2. The fourth-order valence-electron chi connectivity index (χ4n) is 4.36. The summed E-state index contributed by atoms with van der Waals surface area (Å²) in [6, 6.07) is -1.01. The number of halogens is 3. The van der Waals surface area contributed by atoms with Gasteiger partial charge >= 0.3 is 12.1 Å². The number of nitriles is 1. The quantitative estimate of drug-likeness (QED) is 0.717. The van der Waals surface area contributed by atoms with Crippen molar-refractivity contribution in [3.8, 4) is 6.07 Å². The highest BCUT2D eigenvalue weighted by molar-refractivity contribution is 5.94. The van der Waals surface area contributed by atoms with Crippen LogP contribution in [0.15, 0.2) is 0 Å². The van der Waals surface area contributed by atoms with Crippen LogP contribution >= 0.6 is 0 Å². The smallest absolute Gasteiger partial charge is 0.339 e. The number of likely N-dealkylation sites (tertiary alicyclic amines) is 1. The number of piperidine rings is 1. The zero-order chi connectivity index (χ0) is 21.0. The highest BCUT2D eigenvalue weighted by atomic mass is 19.4. The maximum absolute atomic E-state index is 13.0. The van der Waals surface area contributed by atoms with E-state index in [2.05, 4.69) is 5.32 Å². The van der Waals surface area contributed by atoms with Gasteiger partial charge in [0.25, 0.3) is 0 Å². The van der Waals surface area contributed by atoms with Crippen molar-refractivity contribution in [2.24, 2.45) is 23.2 Å². The number of hydrogen-bond donors (Lipinski definition) is 2. The van der Waals surface area contributed by atoms with E-state index in [0.717, 1.165) is 0 Å². The van der Waals surface area contributed by atoms with Crippen molar-refractivity contribution in [2.45, 2.75) is 57.9 Å². The summed E-state index contributed by atoms with van der Waals surface area (Å²) in [5.74, 6) is -3.72. The average Bonchev–Trinajstić information content (AvgIpc) is 3.46. The third-order valence-electron chi connectivity index (χ3n) is 6.22. The van der Waals surface area contributed by atoms with E-state index in [9.17, 15) is 27.6 Å². The minimum Gasteiger partial charge on any atom is -0.339 e. The topological polar surface area (TPSA) is 102 Å². The Labute approximate surface area is 160 Å². The van der Waals surface area contributed by atoms with Crippen molar-refractivity contribution in [2.75, 3.05) is 6.54 Å². The number of rotatable bonds is 5. The maximum Gasteiger partial charge on any atom is 0.471 e. The van der Waals surface area contributed by atoms with Crippen LogP contribution in [-0.4, -0.2) is 53.5 Å². The lowest BCUT2D eigenvalue weighted by atomic mass is 9.99. The largest absolute Gasteiger partial charge is 0.471 e. The minimum absolute atomic E-state index is 0.0581. The van der Waals surface area contributed by atoms with Crippen LogP contribution in [0.25, 0.3) is 0 Å². The molecule has 0 aromatic carbocycles. The van der Waals surface area contributed by atoms with Crippen LogP contribution < -0.4 is 10.6 Å². The molecule has 3 amide bonds. The van der Waals surface area contributed by atoms with Crippen molar-refractivity contribution in [1.82, 2.24) is 15.5 Å². The van der Waals surface area contributed by atoms with Gasteiger partial charge < -0.3 is 15.5 Å². The monoisotopic (exact) mass is 400 g/mol. The maximum atomic E-state index is 13.0. The van der Waals surface area contributed by atoms with Crippen LogP contribution in [0.3, 0.4) is 0 Å². The van der Waals surface area contributed by atoms with Crippen molar-refractivity contribution < 1.29 is 27.6 Å². The molecular weight excluding hydrogens is 377 g/mol. The van der Waals surface area contributed by atoms with Gasteiger partial charge in [-0.2, -0.15) is 18.4 Å². The molecule has 0 aromatic heterocycles. The molecule has 154 valence electrons. The second-order valence-corrected chi connectivity index (χ2v) is 8.53. The molecule has 1 aliphatic heterocycles. The Morgan fingerprint density at radius 3 is 2.32 bits per heavy atom. The number of hydrogen-bond acceptors (Lipinski definition) is 4. The summed E-state index contributed by atoms with van der Waals surface area (Å²) in [4.78, 5) is 38.4. The fourth-order valence-corrected chi connectivity index (χ4v) is 4.36. The Morgan fingerprint density at radius 2 is 1.82 bits per heavy atom. The number of alkyl halides is 3. The van der Waals surface area contributed by atoms with Crippen LogP contribution in [0.5, 0.6) is 0 Å². The number of carbonyl (C=O) groups excluding carboxylic acids is 3. The number of nitrogens with zero attached hydrogens (tertiary/aromatic N) is 2. The molecule has 7 nitrogen and oxygen atoms in total. The summed E-state index contributed by atoms with van der Waals surface area (Å²) in [6.07, 6.45) is -3.99. The molecule has 1 heterocycles. The molecular formula is C18H23F3N4O3. The molecule has 0 unspecified atom stereocenters. The molecule has 3 aliphatic rings. The molecule has 2 saturated carbocycles. The average molecular weight is 400 g/mol. The molecule has 3 fully saturated rings. The van der Waals surface area contributed by atoms with E-state index in [4.69, 9.17) is 5.26 Å².